The molecule has 172 valence electrons. The Hall–Kier alpha value is -2.42. The Balaban J connectivity index is 1.65. The van der Waals surface area contributed by atoms with Gasteiger partial charge in [-0.05, 0) is 24.0 Å². The zero-order chi connectivity index (χ0) is 22.6. The van der Waals surface area contributed by atoms with Gasteiger partial charge in [0.1, 0.15) is 6.61 Å². The molecule has 0 radical (unpaired) electrons. The minimum Gasteiger partial charge on any atom is -0.421 e. The van der Waals surface area contributed by atoms with Gasteiger partial charge in [0.05, 0.1) is 18.2 Å². The minimum absolute atomic E-state index is 0.0697. The Morgan fingerprint density at radius 1 is 0.875 bits per heavy atom. The molecule has 2 aliphatic rings. The molecular weight excluding hydrogens is 421 g/mol. The van der Waals surface area contributed by atoms with Crippen molar-refractivity contribution in [3.63, 3.8) is 0 Å². The third-order valence-electron chi connectivity index (χ3n) is 6.00. The van der Waals surface area contributed by atoms with Crippen molar-refractivity contribution in [2.75, 3.05) is 6.61 Å². The van der Waals surface area contributed by atoms with Gasteiger partial charge in [-0.15, -0.1) is 0 Å². The average molecular weight is 448 g/mol. The fourth-order valence-corrected chi connectivity index (χ4v) is 4.44. The summed E-state index contributed by atoms with van der Waals surface area (Å²) in [6, 6.07) is 17.9. The highest BCUT2D eigenvalue weighted by atomic mass is 19.4. The van der Waals surface area contributed by atoms with Gasteiger partial charge in [-0.1, -0.05) is 79.9 Å². The number of hydrogen-bond acceptors (Lipinski definition) is 5. The van der Waals surface area contributed by atoms with Crippen molar-refractivity contribution in [1.82, 2.24) is 10.6 Å². The number of alkyl halides is 3. The van der Waals surface area contributed by atoms with Crippen molar-refractivity contribution in [3.8, 4) is 0 Å². The topological polar surface area (TPSA) is 59.6 Å². The number of carbonyl (C=O) groups excluding carboxylic acids is 1. The molecule has 1 saturated carbocycles. The van der Waals surface area contributed by atoms with Crippen molar-refractivity contribution >= 4 is 5.97 Å². The molecule has 32 heavy (non-hydrogen) atoms. The highest BCUT2D eigenvalue weighted by Gasteiger charge is 2.53. The lowest BCUT2D eigenvalue weighted by molar-refractivity contribution is -0.226. The maximum absolute atomic E-state index is 13.1. The third-order valence-corrected chi connectivity index (χ3v) is 6.00. The quantitative estimate of drug-likeness (QED) is 0.624. The summed E-state index contributed by atoms with van der Waals surface area (Å²) in [5.41, 5.74) is 1.72. The fraction of sp³-hybridized carbons (Fsp3) is 0.458. The van der Waals surface area contributed by atoms with Crippen molar-refractivity contribution in [2.24, 2.45) is 0 Å². The second kappa shape index (κ2) is 9.60. The normalized spacial score (nSPS) is 26.7. The van der Waals surface area contributed by atoms with E-state index in [0.29, 0.717) is 0 Å². The Bertz CT molecular complexity index is 839. The number of rotatable bonds is 6. The lowest BCUT2D eigenvalue weighted by Crippen LogP contribution is -2.58. The predicted octanol–water partition coefficient (Wildman–Crippen LogP) is 4.77. The first-order chi connectivity index (χ1) is 15.4. The SMILES string of the molecule is O=C(OC1(COC2CCCCC2)NC(c2ccccc2)C(c2ccccc2)N1)C(F)(F)F. The van der Waals surface area contributed by atoms with Gasteiger partial charge in [0, 0.05) is 0 Å². The van der Waals surface area contributed by atoms with E-state index in [1.807, 2.05) is 60.7 Å². The molecule has 1 saturated heterocycles. The number of halogens is 3. The van der Waals surface area contributed by atoms with E-state index < -0.39 is 30.1 Å². The molecule has 2 atom stereocenters. The molecule has 0 aromatic heterocycles. The number of ether oxygens (including phenoxy) is 2. The van der Waals surface area contributed by atoms with Crippen LogP contribution in [0.15, 0.2) is 60.7 Å². The van der Waals surface area contributed by atoms with Gasteiger partial charge in [0.25, 0.3) is 0 Å². The summed E-state index contributed by atoms with van der Waals surface area (Å²) in [7, 11) is 0. The minimum atomic E-state index is -5.12. The number of nitrogens with one attached hydrogen (secondary N) is 2. The average Bonchev–Trinajstić information content (AvgIpc) is 3.19. The van der Waals surface area contributed by atoms with Crippen molar-refractivity contribution < 1.29 is 27.4 Å². The highest BCUT2D eigenvalue weighted by molar-refractivity contribution is 5.76. The van der Waals surface area contributed by atoms with Crippen molar-refractivity contribution in [3.05, 3.63) is 71.8 Å². The Labute approximate surface area is 185 Å². The number of benzene rings is 2. The molecule has 2 N–H and O–H groups in total. The molecule has 0 bridgehead atoms. The summed E-state index contributed by atoms with van der Waals surface area (Å²) < 4.78 is 50.4. The van der Waals surface area contributed by atoms with E-state index in [0.717, 1.165) is 43.2 Å². The molecule has 0 amide bonds. The first kappa shape index (κ1) is 22.8. The lowest BCUT2D eigenvalue weighted by atomic mass is 9.95. The zero-order valence-corrected chi connectivity index (χ0v) is 17.6. The fourth-order valence-electron chi connectivity index (χ4n) is 4.44. The van der Waals surface area contributed by atoms with Gasteiger partial charge in [-0.3, -0.25) is 10.6 Å². The zero-order valence-electron chi connectivity index (χ0n) is 17.6. The number of esters is 1. The van der Waals surface area contributed by atoms with E-state index in [1.165, 1.54) is 0 Å². The van der Waals surface area contributed by atoms with Crippen LogP contribution in [0.2, 0.25) is 0 Å². The molecule has 1 aliphatic heterocycles. The second-order valence-electron chi connectivity index (χ2n) is 8.35. The van der Waals surface area contributed by atoms with Gasteiger partial charge < -0.3 is 9.47 Å². The second-order valence-corrected chi connectivity index (χ2v) is 8.35. The van der Waals surface area contributed by atoms with Crippen LogP contribution in [0.1, 0.15) is 55.3 Å². The summed E-state index contributed by atoms with van der Waals surface area (Å²) in [5, 5.41) is 6.27. The van der Waals surface area contributed by atoms with Crippen LogP contribution < -0.4 is 10.6 Å². The molecule has 2 fully saturated rings. The van der Waals surface area contributed by atoms with E-state index in [4.69, 9.17) is 9.47 Å². The summed E-state index contributed by atoms with van der Waals surface area (Å²) >= 11 is 0. The maximum atomic E-state index is 13.1. The molecule has 2 aromatic carbocycles. The Kier molecular flexibility index (Phi) is 6.83. The number of hydrogen-bond donors (Lipinski definition) is 2. The molecule has 1 heterocycles. The van der Waals surface area contributed by atoms with Gasteiger partial charge in [-0.25, -0.2) is 4.79 Å². The van der Waals surface area contributed by atoms with E-state index in [9.17, 15) is 18.0 Å². The molecule has 0 spiro atoms. The molecule has 8 heteroatoms. The first-order valence-corrected chi connectivity index (χ1v) is 10.9. The van der Waals surface area contributed by atoms with Gasteiger partial charge >= 0.3 is 12.1 Å². The van der Waals surface area contributed by atoms with E-state index in [1.54, 1.807) is 0 Å². The van der Waals surface area contributed by atoms with E-state index >= 15 is 0 Å². The predicted molar refractivity (Wildman–Crippen MR) is 112 cm³/mol. The van der Waals surface area contributed by atoms with Crippen molar-refractivity contribution in [1.29, 1.82) is 0 Å². The maximum Gasteiger partial charge on any atom is 0.491 e. The first-order valence-electron chi connectivity index (χ1n) is 10.9. The van der Waals surface area contributed by atoms with Crippen LogP contribution in [0.3, 0.4) is 0 Å². The van der Waals surface area contributed by atoms with E-state index in [-0.39, 0.29) is 12.7 Å². The Morgan fingerprint density at radius 2 is 1.38 bits per heavy atom. The van der Waals surface area contributed by atoms with Crippen molar-refractivity contribution in [2.45, 2.75) is 62.3 Å². The molecule has 4 rings (SSSR count). The van der Waals surface area contributed by atoms with Crippen LogP contribution in [0.4, 0.5) is 13.2 Å². The van der Waals surface area contributed by atoms with Crippen LogP contribution in [0.5, 0.6) is 0 Å². The number of carbonyl (C=O) groups is 1. The monoisotopic (exact) mass is 448 g/mol. The molecule has 2 aromatic rings. The summed E-state index contributed by atoms with van der Waals surface area (Å²) in [4.78, 5) is 11.9. The van der Waals surface area contributed by atoms with Gasteiger partial charge in [0.2, 0.25) is 5.85 Å². The molecular formula is C24H27F3N2O3. The van der Waals surface area contributed by atoms with Crippen LogP contribution >= 0.6 is 0 Å². The molecule has 2 unspecified atom stereocenters. The van der Waals surface area contributed by atoms with Crippen LogP contribution in [0.25, 0.3) is 0 Å². The molecule has 1 aliphatic carbocycles. The summed E-state index contributed by atoms with van der Waals surface area (Å²) in [5.74, 6) is -4.07. The smallest absolute Gasteiger partial charge is 0.421 e. The van der Waals surface area contributed by atoms with Crippen LogP contribution in [-0.4, -0.2) is 30.7 Å². The molecule has 5 nitrogen and oxygen atoms in total. The van der Waals surface area contributed by atoms with Crippen LogP contribution in [-0.2, 0) is 14.3 Å². The largest absolute Gasteiger partial charge is 0.491 e. The lowest BCUT2D eigenvalue weighted by Gasteiger charge is -2.33. The highest BCUT2D eigenvalue weighted by Crippen LogP contribution is 2.38. The third kappa shape index (κ3) is 5.31. The Morgan fingerprint density at radius 3 is 1.84 bits per heavy atom. The van der Waals surface area contributed by atoms with Gasteiger partial charge in [0.15, 0.2) is 0 Å². The van der Waals surface area contributed by atoms with E-state index in [2.05, 4.69) is 10.6 Å². The van der Waals surface area contributed by atoms with Crippen LogP contribution in [0, 0.1) is 0 Å². The summed E-state index contributed by atoms with van der Waals surface area (Å²) in [6.07, 6.45) is -0.355. The van der Waals surface area contributed by atoms with Gasteiger partial charge in [-0.2, -0.15) is 13.2 Å². The summed E-state index contributed by atoms with van der Waals surface area (Å²) in [6.45, 7) is -0.230. The standard InChI is InChI=1S/C24H27F3N2O3/c25-24(26,27)22(30)32-23(16-31-19-14-8-3-9-15-19)28-20(17-10-4-1-5-11-17)21(29-23)18-12-6-2-7-13-18/h1-2,4-7,10-13,19-21,28-29H,3,8-9,14-16H2.